The predicted molar refractivity (Wildman–Crippen MR) is 209 cm³/mol. The molecule has 51 heavy (non-hydrogen) atoms. The van der Waals surface area contributed by atoms with E-state index in [1.54, 1.807) is 6.20 Å². The first-order chi connectivity index (χ1) is 24.2. The second-order valence-corrected chi connectivity index (χ2v) is 13.7. The van der Waals surface area contributed by atoms with Crippen molar-refractivity contribution in [2.24, 2.45) is 0 Å². The molecule has 253 valence electrons. The van der Waals surface area contributed by atoms with Crippen molar-refractivity contribution in [3.63, 3.8) is 0 Å². The van der Waals surface area contributed by atoms with E-state index in [0.29, 0.717) is 0 Å². The fourth-order valence-corrected chi connectivity index (χ4v) is 6.31. The molecule has 5 aromatic carbocycles. The Hall–Kier alpha value is -5.28. The third-order valence-corrected chi connectivity index (χ3v) is 9.01. The van der Waals surface area contributed by atoms with Crippen molar-refractivity contribution in [1.82, 2.24) is 15.0 Å². The van der Waals surface area contributed by atoms with Crippen LogP contribution >= 0.6 is 0 Å². The van der Waals surface area contributed by atoms with Gasteiger partial charge < -0.3 is 9.97 Å². The molecule has 0 aliphatic carbocycles. The van der Waals surface area contributed by atoms with Gasteiger partial charge in [-0.05, 0) is 92.6 Å². The minimum atomic E-state index is -0.00853. The second-order valence-electron chi connectivity index (χ2n) is 13.7. The molecule has 0 spiro atoms. The van der Waals surface area contributed by atoms with Gasteiger partial charge in [-0.1, -0.05) is 93.9 Å². The topological polar surface area (TPSA) is 38.7 Å². The first-order valence-corrected chi connectivity index (χ1v) is 17.0. The third kappa shape index (κ3) is 7.89. The van der Waals surface area contributed by atoms with Crippen LogP contribution in [0, 0.1) is 26.0 Å². The number of fused-ring (bicyclic) bond motifs is 3. The van der Waals surface area contributed by atoms with Gasteiger partial charge >= 0.3 is 0 Å². The van der Waals surface area contributed by atoms with Crippen LogP contribution in [0.5, 0.6) is 0 Å². The molecule has 8 rings (SSSR count). The number of benzene rings is 5. The summed E-state index contributed by atoms with van der Waals surface area (Å²) in [4.78, 5) is 13.6. The van der Waals surface area contributed by atoms with Crippen LogP contribution in [0.25, 0.3) is 66.4 Å². The molecule has 3 aromatic heterocycles. The molecule has 3 nitrogen and oxygen atoms in total. The minimum Gasteiger partial charge on any atom is -0.305 e. The number of aromatic nitrogens is 3. The Morgan fingerprint density at radius 2 is 1.20 bits per heavy atom. The van der Waals surface area contributed by atoms with E-state index >= 15 is 0 Å². The van der Waals surface area contributed by atoms with Gasteiger partial charge in [0, 0.05) is 44.1 Å². The van der Waals surface area contributed by atoms with Crippen LogP contribution in [0.1, 0.15) is 37.5 Å². The summed E-state index contributed by atoms with van der Waals surface area (Å²) in [7, 11) is 0. The van der Waals surface area contributed by atoms with Crippen molar-refractivity contribution in [1.29, 1.82) is 0 Å². The second kappa shape index (κ2) is 15.3. The molecule has 0 N–H and O–H groups in total. The molecule has 0 fully saturated rings. The maximum absolute atomic E-state index is 4.82. The number of rotatable bonds is 4. The van der Waals surface area contributed by atoms with E-state index in [2.05, 4.69) is 123 Å². The Labute approximate surface area is 314 Å². The van der Waals surface area contributed by atoms with E-state index < -0.39 is 0 Å². The fourth-order valence-electron chi connectivity index (χ4n) is 6.31. The van der Waals surface area contributed by atoms with Crippen LogP contribution < -0.4 is 0 Å². The van der Waals surface area contributed by atoms with Crippen molar-refractivity contribution in [2.75, 3.05) is 0 Å². The fraction of sp³-hybridized carbons (Fsp3) is 0.128. The van der Waals surface area contributed by atoms with Gasteiger partial charge in [0.2, 0.25) is 0 Å². The molecule has 0 atom stereocenters. The molecular weight excluding hydrogens is 799 g/mol. The molecule has 0 bridgehead atoms. The van der Waals surface area contributed by atoms with Gasteiger partial charge in [-0.3, -0.25) is 4.98 Å². The van der Waals surface area contributed by atoms with Crippen LogP contribution in [-0.2, 0) is 25.5 Å². The van der Waals surface area contributed by atoms with Crippen LogP contribution in [0.15, 0.2) is 146 Å². The first-order valence-electron chi connectivity index (χ1n) is 17.0. The minimum absolute atomic E-state index is 0. The molecule has 0 saturated carbocycles. The zero-order valence-corrected chi connectivity index (χ0v) is 31.9. The standard InChI is InChI=1S/C36H31N2.C11H8N.Ir/c1-23-16-33-30-11-7-6-10-29(30)32(21-35(33)38-22-23)27-17-26(18-28(19-27)36(3,4)5)31-20-25(14-13-24(31)2)34-12-8-9-15-37-34;1-2-6-10(7-3-1)11-8-4-5-9-12-11;/h6-13,15-22H,1-5H3;1-6,8-9H;/q2*-1;. The zero-order chi connectivity index (χ0) is 34.7. The normalized spacial score (nSPS) is 11.1. The molecular formula is C47H39IrN3-2. The van der Waals surface area contributed by atoms with Gasteiger partial charge in [0.1, 0.15) is 0 Å². The maximum Gasteiger partial charge on any atom is 0.0714 e. The number of hydrogen-bond acceptors (Lipinski definition) is 3. The number of hydrogen-bond donors (Lipinski definition) is 0. The van der Waals surface area contributed by atoms with Gasteiger partial charge in [-0.15, -0.1) is 65.2 Å². The number of aryl methyl sites for hydroxylation is 2. The molecule has 8 aromatic rings. The van der Waals surface area contributed by atoms with Gasteiger partial charge in [0.05, 0.1) is 5.52 Å². The van der Waals surface area contributed by atoms with Crippen LogP contribution in [0.4, 0.5) is 0 Å². The monoisotopic (exact) mass is 838 g/mol. The van der Waals surface area contributed by atoms with Gasteiger partial charge in [-0.2, -0.15) is 0 Å². The smallest absolute Gasteiger partial charge is 0.0714 e. The Kier molecular flexibility index (Phi) is 10.7. The van der Waals surface area contributed by atoms with Crippen molar-refractivity contribution in [3.05, 3.63) is 175 Å². The average molecular weight is 838 g/mol. The molecule has 0 saturated heterocycles. The van der Waals surface area contributed by atoms with E-state index in [1.807, 2.05) is 73.1 Å². The van der Waals surface area contributed by atoms with E-state index in [4.69, 9.17) is 4.98 Å². The SMILES string of the molecule is Cc1cnc2cc(-c3cc(-c4cc(-c5ccccn5)[c-]cc4C)cc(C(C)(C)C)c3)c3ccccc3c2c1.[Ir].[c-]1ccccc1-c1ccccn1. The molecule has 1 radical (unpaired) electrons. The summed E-state index contributed by atoms with van der Waals surface area (Å²) in [6.45, 7) is 11.1. The molecule has 0 unspecified atom stereocenters. The summed E-state index contributed by atoms with van der Waals surface area (Å²) in [6, 6.07) is 50.8. The van der Waals surface area contributed by atoms with Crippen LogP contribution in [0.3, 0.4) is 0 Å². The summed E-state index contributed by atoms with van der Waals surface area (Å²) in [6.07, 6.45) is 5.58. The average Bonchev–Trinajstić information content (AvgIpc) is 3.15. The molecule has 4 heteroatoms. The largest absolute Gasteiger partial charge is 0.305 e. The van der Waals surface area contributed by atoms with Crippen molar-refractivity contribution < 1.29 is 20.1 Å². The summed E-state index contributed by atoms with van der Waals surface area (Å²) in [5, 5.41) is 3.68. The Bertz CT molecular complexity index is 2380. The van der Waals surface area contributed by atoms with Crippen molar-refractivity contribution in [2.45, 2.75) is 40.0 Å². The molecule has 0 aliphatic heterocycles. The number of pyridine rings is 3. The quantitative estimate of drug-likeness (QED) is 0.131. The van der Waals surface area contributed by atoms with Crippen LogP contribution in [0.2, 0.25) is 0 Å². The Morgan fingerprint density at radius 3 is 1.84 bits per heavy atom. The summed E-state index contributed by atoms with van der Waals surface area (Å²) < 4.78 is 0. The zero-order valence-electron chi connectivity index (χ0n) is 29.5. The van der Waals surface area contributed by atoms with Crippen molar-refractivity contribution in [3.8, 4) is 44.8 Å². The molecule has 0 amide bonds. The van der Waals surface area contributed by atoms with Crippen LogP contribution in [-0.4, -0.2) is 15.0 Å². The predicted octanol–water partition coefficient (Wildman–Crippen LogP) is 12.0. The summed E-state index contributed by atoms with van der Waals surface area (Å²) >= 11 is 0. The van der Waals surface area contributed by atoms with E-state index in [-0.39, 0.29) is 25.5 Å². The van der Waals surface area contributed by atoms with E-state index in [9.17, 15) is 0 Å². The third-order valence-electron chi connectivity index (χ3n) is 9.01. The Balaban J connectivity index is 0.000000291. The van der Waals surface area contributed by atoms with Crippen molar-refractivity contribution >= 4 is 21.7 Å². The number of nitrogens with zero attached hydrogens (tertiary/aromatic N) is 3. The molecule has 3 heterocycles. The van der Waals surface area contributed by atoms with Gasteiger partial charge in [0.25, 0.3) is 0 Å². The first kappa shape index (κ1) is 35.5. The summed E-state index contributed by atoms with van der Waals surface area (Å²) in [5.74, 6) is 0. The van der Waals surface area contributed by atoms with Gasteiger partial charge in [0.15, 0.2) is 0 Å². The van der Waals surface area contributed by atoms with Gasteiger partial charge in [-0.25, -0.2) is 0 Å². The summed E-state index contributed by atoms with van der Waals surface area (Å²) in [5.41, 5.74) is 13.5. The molecule has 0 aliphatic rings. The Morgan fingerprint density at radius 1 is 0.549 bits per heavy atom. The van der Waals surface area contributed by atoms with E-state index in [0.717, 1.165) is 28.0 Å². The van der Waals surface area contributed by atoms with E-state index in [1.165, 1.54) is 55.1 Å². The maximum atomic E-state index is 4.82.